The second-order valence-corrected chi connectivity index (χ2v) is 5.32. The van der Waals surface area contributed by atoms with Crippen LogP contribution < -0.4 is 5.32 Å². The van der Waals surface area contributed by atoms with Crippen molar-refractivity contribution in [2.75, 3.05) is 5.32 Å². The standard InChI is InChI=1S/C11H8BrFN2O2S/c12-8-3-4-18-11(8)6-14-9-2-1-7(13)5-10(9)15(16)17/h1-5,14H,6H2. The van der Waals surface area contributed by atoms with Gasteiger partial charge in [-0.3, -0.25) is 10.1 Å². The summed E-state index contributed by atoms with van der Waals surface area (Å²) in [6, 6.07) is 5.38. The van der Waals surface area contributed by atoms with Crippen LogP contribution in [-0.2, 0) is 6.54 Å². The molecule has 1 N–H and O–H groups in total. The number of halogens is 2. The molecule has 1 aromatic heterocycles. The van der Waals surface area contributed by atoms with Crippen molar-refractivity contribution in [3.8, 4) is 0 Å². The van der Waals surface area contributed by atoms with Gasteiger partial charge in [0.2, 0.25) is 0 Å². The predicted octanol–water partition coefficient (Wildman–Crippen LogP) is 4.17. The summed E-state index contributed by atoms with van der Waals surface area (Å²) in [5.74, 6) is -0.621. The molecule has 2 aromatic rings. The number of hydrogen-bond acceptors (Lipinski definition) is 4. The van der Waals surface area contributed by atoms with Gasteiger partial charge in [-0.1, -0.05) is 0 Å². The van der Waals surface area contributed by atoms with Gasteiger partial charge in [0, 0.05) is 9.35 Å². The minimum Gasteiger partial charge on any atom is -0.375 e. The van der Waals surface area contributed by atoms with Crippen molar-refractivity contribution in [1.82, 2.24) is 0 Å². The molecule has 0 spiro atoms. The summed E-state index contributed by atoms with van der Waals surface area (Å²) < 4.78 is 13.9. The average Bonchev–Trinajstić information content (AvgIpc) is 2.73. The Labute approximate surface area is 115 Å². The highest BCUT2D eigenvalue weighted by Crippen LogP contribution is 2.28. The number of anilines is 1. The lowest BCUT2D eigenvalue weighted by molar-refractivity contribution is -0.384. The molecule has 0 amide bonds. The lowest BCUT2D eigenvalue weighted by Gasteiger charge is -2.06. The molecule has 18 heavy (non-hydrogen) atoms. The number of nitrogens with zero attached hydrogens (tertiary/aromatic N) is 1. The van der Waals surface area contributed by atoms with Crippen molar-refractivity contribution >= 4 is 38.6 Å². The first-order chi connectivity index (χ1) is 8.58. The Balaban J connectivity index is 2.19. The van der Waals surface area contributed by atoms with Gasteiger partial charge in [-0.25, -0.2) is 4.39 Å². The van der Waals surface area contributed by atoms with Crippen LogP contribution in [0.4, 0.5) is 15.8 Å². The van der Waals surface area contributed by atoms with Gasteiger partial charge in [-0.15, -0.1) is 11.3 Å². The molecule has 0 atom stereocenters. The van der Waals surface area contributed by atoms with Crippen molar-refractivity contribution in [2.45, 2.75) is 6.54 Å². The van der Waals surface area contributed by atoms with Gasteiger partial charge in [0.1, 0.15) is 11.5 Å². The second kappa shape index (κ2) is 5.45. The predicted molar refractivity (Wildman–Crippen MR) is 72.4 cm³/mol. The zero-order chi connectivity index (χ0) is 13.1. The molecule has 94 valence electrons. The Morgan fingerprint density at radius 3 is 2.83 bits per heavy atom. The number of hydrogen-bond donors (Lipinski definition) is 1. The third-order valence-electron chi connectivity index (χ3n) is 2.29. The number of benzene rings is 1. The van der Waals surface area contributed by atoms with Crippen LogP contribution in [0.2, 0.25) is 0 Å². The fourth-order valence-corrected chi connectivity index (χ4v) is 2.86. The lowest BCUT2D eigenvalue weighted by Crippen LogP contribution is -2.02. The summed E-state index contributed by atoms with van der Waals surface area (Å²) in [6.07, 6.45) is 0. The molecule has 4 nitrogen and oxygen atoms in total. The third-order valence-corrected chi connectivity index (χ3v) is 4.21. The molecule has 1 heterocycles. The van der Waals surface area contributed by atoms with Crippen LogP contribution in [0.3, 0.4) is 0 Å². The zero-order valence-corrected chi connectivity index (χ0v) is 11.4. The van der Waals surface area contributed by atoms with E-state index in [0.29, 0.717) is 12.2 Å². The first-order valence-electron chi connectivity index (χ1n) is 4.97. The van der Waals surface area contributed by atoms with E-state index in [4.69, 9.17) is 0 Å². The van der Waals surface area contributed by atoms with Gasteiger partial charge >= 0.3 is 0 Å². The van der Waals surface area contributed by atoms with E-state index in [1.807, 2.05) is 11.4 Å². The van der Waals surface area contributed by atoms with Gasteiger partial charge in [0.25, 0.3) is 5.69 Å². The molecule has 0 fully saturated rings. The van der Waals surface area contributed by atoms with Crippen LogP contribution in [0.15, 0.2) is 34.1 Å². The third kappa shape index (κ3) is 2.85. The van der Waals surface area contributed by atoms with E-state index in [1.54, 1.807) is 0 Å². The molecule has 7 heteroatoms. The van der Waals surface area contributed by atoms with Crippen LogP contribution in [0.1, 0.15) is 4.88 Å². The molecule has 0 radical (unpaired) electrons. The monoisotopic (exact) mass is 330 g/mol. The van der Waals surface area contributed by atoms with Crippen LogP contribution in [-0.4, -0.2) is 4.92 Å². The quantitative estimate of drug-likeness (QED) is 0.676. The van der Waals surface area contributed by atoms with Crippen LogP contribution in [0, 0.1) is 15.9 Å². The highest BCUT2D eigenvalue weighted by Gasteiger charge is 2.14. The van der Waals surface area contributed by atoms with Gasteiger partial charge in [0.15, 0.2) is 0 Å². The molecule has 0 saturated heterocycles. The van der Waals surface area contributed by atoms with Crippen molar-refractivity contribution in [2.24, 2.45) is 0 Å². The smallest absolute Gasteiger partial charge is 0.295 e. The van der Waals surface area contributed by atoms with E-state index in [0.717, 1.165) is 15.4 Å². The van der Waals surface area contributed by atoms with Crippen molar-refractivity contribution in [3.63, 3.8) is 0 Å². The molecule has 0 bridgehead atoms. The number of nitro benzene ring substituents is 1. The topological polar surface area (TPSA) is 55.2 Å². The van der Waals surface area contributed by atoms with Crippen LogP contribution in [0.25, 0.3) is 0 Å². The summed E-state index contributed by atoms with van der Waals surface area (Å²) in [6.45, 7) is 0.449. The Morgan fingerprint density at radius 2 is 2.22 bits per heavy atom. The minimum atomic E-state index is -0.621. The van der Waals surface area contributed by atoms with E-state index in [2.05, 4.69) is 21.2 Å². The van der Waals surface area contributed by atoms with Gasteiger partial charge in [0.05, 0.1) is 17.5 Å². The molecular weight excluding hydrogens is 323 g/mol. The number of rotatable bonds is 4. The first-order valence-corrected chi connectivity index (χ1v) is 6.65. The highest BCUT2D eigenvalue weighted by atomic mass is 79.9. The van der Waals surface area contributed by atoms with Crippen molar-refractivity contribution in [3.05, 3.63) is 54.9 Å². The van der Waals surface area contributed by atoms with Crippen molar-refractivity contribution in [1.29, 1.82) is 0 Å². The first kappa shape index (κ1) is 13.0. The normalized spacial score (nSPS) is 10.3. The Kier molecular flexibility index (Phi) is 3.93. The van der Waals surface area contributed by atoms with E-state index >= 15 is 0 Å². The van der Waals surface area contributed by atoms with Gasteiger partial charge < -0.3 is 5.32 Å². The van der Waals surface area contributed by atoms with E-state index in [9.17, 15) is 14.5 Å². The molecule has 0 unspecified atom stereocenters. The highest BCUT2D eigenvalue weighted by molar-refractivity contribution is 9.10. The van der Waals surface area contributed by atoms with Crippen LogP contribution in [0.5, 0.6) is 0 Å². The van der Waals surface area contributed by atoms with Gasteiger partial charge in [-0.05, 0) is 39.5 Å². The molecular formula is C11H8BrFN2O2S. The maximum Gasteiger partial charge on any atom is 0.295 e. The number of nitro groups is 1. The lowest BCUT2D eigenvalue weighted by atomic mass is 10.2. The molecule has 1 aromatic carbocycles. The summed E-state index contributed by atoms with van der Waals surface area (Å²) >= 11 is 4.91. The van der Waals surface area contributed by atoms with Gasteiger partial charge in [-0.2, -0.15) is 0 Å². The van der Waals surface area contributed by atoms with E-state index in [1.165, 1.54) is 23.5 Å². The van der Waals surface area contributed by atoms with E-state index in [-0.39, 0.29) is 5.69 Å². The SMILES string of the molecule is O=[N+]([O-])c1cc(F)ccc1NCc1sccc1Br. The Hall–Kier alpha value is -1.47. The summed E-state index contributed by atoms with van der Waals surface area (Å²) in [5, 5.41) is 15.6. The maximum absolute atomic E-state index is 12.9. The number of thiophene rings is 1. The Morgan fingerprint density at radius 1 is 1.44 bits per heavy atom. The average molecular weight is 331 g/mol. The fraction of sp³-hybridized carbons (Fsp3) is 0.0909. The summed E-state index contributed by atoms with van der Waals surface area (Å²) in [5.41, 5.74) is 0.0457. The fourth-order valence-electron chi connectivity index (χ4n) is 1.43. The second-order valence-electron chi connectivity index (χ2n) is 3.46. The summed E-state index contributed by atoms with van der Waals surface area (Å²) in [7, 11) is 0. The molecule has 0 aliphatic heterocycles. The summed E-state index contributed by atoms with van der Waals surface area (Å²) in [4.78, 5) is 11.2. The Bertz CT molecular complexity index is 588. The number of nitrogens with one attached hydrogen (secondary N) is 1. The van der Waals surface area contributed by atoms with Crippen molar-refractivity contribution < 1.29 is 9.31 Å². The molecule has 0 aliphatic rings. The molecule has 0 aliphatic carbocycles. The minimum absolute atomic E-state index is 0.261. The van der Waals surface area contributed by atoms with Crippen LogP contribution >= 0.6 is 27.3 Å². The van der Waals surface area contributed by atoms with E-state index < -0.39 is 10.7 Å². The molecule has 0 saturated carbocycles. The maximum atomic E-state index is 12.9. The largest absolute Gasteiger partial charge is 0.375 e. The zero-order valence-electron chi connectivity index (χ0n) is 9.02. The molecule has 2 rings (SSSR count).